The van der Waals surface area contributed by atoms with E-state index in [1.165, 1.54) is 18.8 Å². The van der Waals surface area contributed by atoms with Gasteiger partial charge in [-0.3, -0.25) is 0 Å². The van der Waals surface area contributed by atoms with E-state index in [9.17, 15) is 4.79 Å². The second kappa shape index (κ2) is 6.99. The van der Waals surface area contributed by atoms with E-state index in [-0.39, 0.29) is 6.61 Å². The highest BCUT2D eigenvalue weighted by Gasteiger charge is 2.18. The van der Waals surface area contributed by atoms with Crippen LogP contribution in [-0.4, -0.2) is 30.5 Å². The first kappa shape index (κ1) is 16.9. The molecule has 8 heteroatoms. The first-order valence-electron chi connectivity index (χ1n) is 8.52. The molecule has 27 heavy (non-hydrogen) atoms. The molecule has 0 saturated heterocycles. The van der Waals surface area contributed by atoms with Gasteiger partial charge >= 0.3 is 5.97 Å². The van der Waals surface area contributed by atoms with E-state index in [4.69, 9.17) is 9.15 Å². The van der Waals surface area contributed by atoms with Crippen LogP contribution in [0.15, 0.2) is 47.5 Å². The van der Waals surface area contributed by atoms with Gasteiger partial charge in [-0.25, -0.2) is 19.3 Å². The Bertz CT molecular complexity index is 1100. The molecule has 136 valence electrons. The van der Waals surface area contributed by atoms with Crippen LogP contribution in [0.1, 0.15) is 34.2 Å². The average molecular weight is 363 g/mol. The monoisotopic (exact) mass is 363 g/mol. The zero-order valence-electron chi connectivity index (χ0n) is 14.9. The van der Waals surface area contributed by atoms with Crippen molar-refractivity contribution in [3.63, 3.8) is 0 Å². The predicted octanol–water partition coefficient (Wildman–Crippen LogP) is 3.01. The van der Waals surface area contributed by atoms with Crippen LogP contribution in [0.5, 0.6) is 0 Å². The van der Waals surface area contributed by atoms with Gasteiger partial charge in [0.05, 0.1) is 11.3 Å². The summed E-state index contributed by atoms with van der Waals surface area (Å²) in [4.78, 5) is 25.0. The molecule has 0 saturated carbocycles. The lowest BCUT2D eigenvalue weighted by Gasteiger charge is -2.08. The fourth-order valence-electron chi connectivity index (χ4n) is 2.75. The molecule has 0 fully saturated rings. The molecular weight excluding hydrogens is 346 g/mol. The van der Waals surface area contributed by atoms with Crippen LogP contribution in [0.3, 0.4) is 0 Å². The molecule has 0 spiro atoms. The number of hydrogen-bond acceptors (Lipinski definition) is 7. The van der Waals surface area contributed by atoms with Crippen molar-refractivity contribution in [1.82, 2.24) is 24.6 Å². The Hall–Kier alpha value is -3.55. The van der Waals surface area contributed by atoms with Crippen molar-refractivity contribution in [2.24, 2.45) is 0 Å². The number of nitrogens with zero attached hydrogens (tertiary/aromatic N) is 5. The number of carbonyl (C=O) groups excluding carboxylic acids is 1. The first-order valence-corrected chi connectivity index (χ1v) is 8.52. The lowest BCUT2D eigenvalue weighted by atomic mass is 10.1. The number of benzene rings is 1. The molecule has 4 rings (SSSR count). The van der Waals surface area contributed by atoms with Crippen molar-refractivity contribution in [2.45, 2.75) is 26.9 Å². The van der Waals surface area contributed by atoms with Crippen LogP contribution < -0.4 is 0 Å². The van der Waals surface area contributed by atoms with Crippen molar-refractivity contribution >= 4 is 11.7 Å². The molecule has 0 bridgehead atoms. The van der Waals surface area contributed by atoms with Gasteiger partial charge in [0.2, 0.25) is 5.89 Å². The molecule has 3 heterocycles. The largest absolute Gasteiger partial charge is 0.455 e. The molecule has 0 radical (unpaired) electrons. The Morgan fingerprint density at radius 3 is 2.81 bits per heavy atom. The zero-order valence-corrected chi connectivity index (χ0v) is 14.9. The highest BCUT2D eigenvalue weighted by atomic mass is 16.5. The fourth-order valence-corrected chi connectivity index (χ4v) is 2.75. The van der Waals surface area contributed by atoms with Crippen LogP contribution >= 0.6 is 0 Å². The minimum absolute atomic E-state index is 0.00669. The summed E-state index contributed by atoms with van der Waals surface area (Å²) in [6.07, 6.45) is 4.95. The summed E-state index contributed by atoms with van der Waals surface area (Å²) < 4.78 is 12.4. The van der Waals surface area contributed by atoms with Gasteiger partial charge in [-0.05, 0) is 25.5 Å². The van der Waals surface area contributed by atoms with Crippen molar-refractivity contribution in [3.05, 3.63) is 65.6 Å². The summed E-state index contributed by atoms with van der Waals surface area (Å²) >= 11 is 0. The highest BCUT2D eigenvalue weighted by Crippen LogP contribution is 2.20. The maximum absolute atomic E-state index is 12.5. The lowest BCUT2D eigenvalue weighted by molar-refractivity contribution is 0.0465. The molecule has 0 unspecified atom stereocenters. The van der Waals surface area contributed by atoms with Crippen molar-refractivity contribution < 1.29 is 13.9 Å². The molecule has 0 aliphatic heterocycles. The van der Waals surface area contributed by atoms with E-state index in [0.29, 0.717) is 35.0 Å². The molecule has 0 N–H and O–H groups in total. The Balaban J connectivity index is 1.49. The minimum Gasteiger partial charge on any atom is -0.455 e. The quantitative estimate of drug-likeness (QED) is 0.503. The topological polar surface area (TPSA) is 95.4 Å². The van der Waals surface area contributed by atoms with Gasteiger partial charge in [-0.15, -0.1) is 0 Å². The van der Waals surface area contributed by atoms with Gasteiger partial charge in [-0.2, -0.15) is 10.1 Å². The smallest absolute Gasteiger partial charge is 0.341 e. The van der Waals surface area contributed by atoms with E-state index in [1.807, 2.05) is 38.1 Å². The minimum atomic E-state index is -0.489. The molecule has 0 atom stereocenters. The summed E-state index contributed by atoms with van der Waals surface area (Å²) in [5.74, 6) is 0.445. The summed E-state index contributed by atoms with van der Waals surface area (Å²) in [5.41, 5.74) is 3.61. The van der Waals surface area contributed by atoms with Crippen LogP contribution in [0.25, 0.3) is 17.2 Å². The predicted molar refractivity (Wildman–Crippen MR) is 96.0 cm³/mol. The SMILES string of the molecule is CCc1c(C(=O)OCc2coc(-c3ccc(C)cc3)n2)cnc2ncnn12. The maximum Gasteiger partial charge on any atom is 0.341 e. The number of ether oxygens (including phenoxy) is 1. The van der Waals surface area contributed by atoms with Crippen LogP contribution in [0, 0.1) is 6.92 Å². The van der Waals surface area contributed by atoms with Gasteiger partial charge in [0, 0.05) is 11.8 Å². The highest BCUT2D eigenvalue weighted by molar-refractivity contribution is 5.90. The number of oxazole rings is 1. The maximum atomic E-state index is 12.5. The Morgan fingerprint density at radius 2 is 2.04 bits per heavy atom. The van der Waals surface area contributed by atoms with Crippen LogP contribution in [0.4, 0.5) is 0 Å². The summed E-state index contributed by atoms with van der Waals surface area (Å²) in [5, 5.41) is 4.10. The molecule has 1 aromatic carbocycles. The number of rotatable bonds is 5. The number of esters is 1. The average Bonchev–Trinajstić information content (AvgIpc) is 3.35. The summed E-state index contributed by atoms with van der Waals surface area (Å²) in [6.45, 7) is 3.95. The third-order valence-corrected chi connectivity index (χ3v) is 4.16. The normalized spacial score (nSPS) is 11.0. The van der Waals surface area contributed by atoms with Gasteiger partial charge in [0.15, 0.2) is 0 Å². The lowest BCUT2D eigenvalue weighted by Crippen LogP contribution is -2.13. The van der Waals surface area contributed by atoms with E-state index in [2.05, 4.69) is 20.1 Å². The molecule has 0 amide bonds. The Kier molecular flexibility index (Phi) is 4.37. The summed E-state index contributed by atoms with van der Waals surface area (Å²) in [7, 11) is 0. The van der Waals surface area contributed by atoms with E-state index in [1.54, 1.807) is 4.52 Å². The number of fused-ring (bicyclic) bond motifs is 1. The molecule has 4 aromatic rings. The third-order valence-electron chi connectivity index (χ3n) is 4.16. The fraction of sp³-hybridized carbons (Fsp3) is 0.211. The Labute approximate surface area is 154 Å². The van der Waals surface area contributed by atoms with Crippen molar-refractivity contribution in [1.29, 1.82) is 0 Å². The van der Waals surface area contributed by atoms with Gasteiger partial charge in [0.25, 0.3) is 5.78 Å². The van der Waals surface area contributed by atoms with Crippen molar-refractivity contribution in [3.8, 4) is 11.5 Å². The number of aryl methyl sites for hydroxylation is 2. The molecule has 0 aliphatic carbocycles. The number of hydrogen-bond donors (Lipinski definition) is 0. The number of aromatic nitrogens is 5. The molecule has 3 aromatic heterocycles. The van der Waals surface area contributed by atoms with Gasteiger partial charge in [0.1, 0.15) is 24.9 Å². The number of carbonyl (C=O) groups is 1. The molecular formula is C19H17N5O3. The second-order valence-corrected chi connectivity index (χ2v) is 6.03. The van der Waals surface area contributed by atoms with Crippen LogP contribution in [0.2, 0.25) is 0 Å². The third kappa shape index (κ3) is 3.29. The van der Waals surface area contributed by atoms with Gasteiger partial charge < -0.3 is 9.15 Å². The summed E-state index contributed by atoms with van der Waals surface area (Å²) in [6, 6.07) is 7.84. The first-order chi connectivity index (χ1) is 13.2. The molecule has 8 nitrogen and oxygen atoms in total. The second-order valence-electron chi connectivity index (χ2n) is 6.03. The zero-order chi connectivity index (χ0) is 18.8. The Morgan fingerprint density at radius 1 is 1.22 bits per heavy atom. The molecule has 0 aliphatic rings. The van der Waals surface area contributed by atoms with E-state index in [0.717, 1.165) is 11.1 Å². The van der Waals surface area contributed by atoms with E-state index < -0.39 is 5.97 Å². The van der Waals surface area contributed by atoms with Crippen molar-refractivity contribution in [2.75, 3.05) is 0 Å². The standard InChI is InChI=1S/C19H17N5O3/c1-3-16-15(8-20-19-21-11-22-24(16)19)18(25)27-10-14-9-26-17(23-14)13-6-4-12(2)5-7-13/h4-9,11H,3,10H2,1-2H3. The van der Waals surface area contributed by atoms with Gasteiger partial charge in [-0.1, -0.05) is 24.6 Å². The van der Waals surface area contributed by atoms with E-state index >= 15 is 0 Å². The van der Waals surface area contributed by atoms with Crippen LogP contribution in [-0.2, 0) is 17.8 Å².